The van der Waals surface area contributed by atoms with Crippen LogP contribution >= 0.6 is 35.0 Å². The zero-order valence-corrected chi connectivity index (χ0v) is 23.0. The second-order valence-electron chi connectivity index (χ2n) is 8.68. The molecule has 0 spiro atoms. The van der Waals surface area contributed by atoms with Gasteiger partial charge in [-0.2, -0.15) is 0 Å². The van der Waals surface area contributed by atoms with Crippen LogP contribution in [0.5, 0.6) is 0 Å². The highest BCUT2D eigenvalue weighted by atomic mass is 35.5. The van der Waals surface area contributed by atoms with Crippen molar-refractivity contribution in [2.45, 2.75) is 50.6 Å². The predicted molar refractivity (Wildman–Crippen MR) is 151 cm³/mol. The van der Waals surface area contributed by atoms with Crippen LogP contribution in [0.2, 0.25) is 10.0 Å². The third-order valence-corrected chi connectivity index (χ3v) is 7.52. The number of hydrogen-bond acceptors (Lipinski definition) is 3. The van der Waals surface area contributed by atoms with Gasteiger partial charge in [-0.05, 0) is 48.7 Å². The Morgan fingerprint density at radius 2 is 1.67 bits per heavy atom. The van der Waals surface area contributed by atoms with Crippen molar-refractivity contribution in [1.82, 2.24) is 10.2 Å². The molecule has 0 saturated carbocycles. The number of aryl methyl sites for hydroxylation is 1. The molecule has 36 heavy (non-hydrogen) atoms. The van der Waals surface area contributed by atoms with Crippen LogP contribution in [0, 0.1) is 6.92 Å². The molecule has 0 heterocycles. The molecule has 0 bridgehead atoms. The van der Waals surface area contributed by atoms with Gasteiger partial charge in [0.25, 0.3) is 0 Å². The number of nitrogens with zero attached hydrogens (tertiary/aromatic N) is 1. The first-order valence-electron chi connectivity index (χ1n) is 12.1. The molecule has 190 valence electrons. The summed E-state index contributed by atoms with van der Waals surface area (Å²) in [5, 5.41) is 3.87. The Bertz CT molecular complexity index is 1140. The lowest BCUT2D eigenvalue weighted by Crippen LogP contribution is -2.50. The third-order valence-electron chi connectivity index (χ3n) is 5.76. The molecule has 3 aromatic rings. The number of halogens is 2. The van der Waals surface area contributed by atoms with Gasteiger partial charge in [-0.15, -0.1) is 11.8 Å². The summed E-state index contributed by atoms with van der Waals surface area (Å²) in [5.41, 5.74) is 3.02. The van der Waals surface area contributed by atoms with Gasteiger partial charge in [0.2, 0.25) is 11.8 Å². The maximum absolute atomic E-state index is 13.6. The molecule has 0 fully saturated rings. The Balaban J connectivity index is 1.84. The largest absolute Gasteiger partial charge is 0.354 e. The number of carbonyl (C=O) groups is 2. The van der Waals surface area contributed by atoms with Crippen LogP contribution in [0.25, 0.3) is 0 Å². The number of rotatable bonds is 12. The summed E-state index contributed by atoms with van der Waals surface area (Å²) >= 11 is 14.0. The highest BCUT2D eigenvalue weighted by Gasteiger charge is 2.30. The van der Waals surface area contributed by atoms with Gasteiger partial charge < -0.3 is 10.2 Å². The van der Waals surface area contributed by atoms with E-state index < -0.39 is 6.04 Å². The zero-order chi connectivity index (χ0) is 25.9. The van der Waals surface area contributed by atoms with Gasteiger partial charge in [0, 0.05) is 36.6 Å². The second kappa shape index (κ2) is 14.3. The van der Waals surface area contributed by atoms with Crippen LogP contribution < -0.4 is 5.32 Å². The standard InChI is InChI=1S/C29H32Cl2N2O2S/c1-3-16-32-29(35)27(19-22-7-5-4-6-8-22)33(20-23-11-14-25(30)26(31)18-23)28(34)15-17-36-24-12-9-21(2)10-13-24/h4-14,18,27H,3,15-17,19-20H2,1-2H3,(H,32,35)/t27-/m1/s1. The van der Waals surface area contributed by atoms with Gasteiger partial charge in [0.15, 0.2) is 0 Å². The summed E-state index contributed by atoms with van der Waals surface area (Å²) in [6, 6.07) is 22.7. The maximum Gasteiger partial charge on any atom is 0.243 e. The fourth-order valence-electron chi connectivity index (χ4n) is 3.79. The summed E-state index contributed by atoms with van der Waals surface area (Å²) in [6.45, 7) is 4.88. The molecule has 0 aliphatic heterocycles. The minimum atomic E-state index is -0.648. The topological polar surface area (TPSA) is 49.4 Å². The molecule has 0 saturated heterocycles. The first-order valence-corrected chi connectivity index (χ1v) is 13.9. The molecule has 0 aliphatic rings. The summed E-state index contributed by atoms with van der Waals surface area (Å²) in [4.78, 5) is 29.8. The van der Waals surface area contributed by atoms with E-state index in [1.54, 1.807) is 28.8 Å². The number of thioether (sulfide) groups is 1. The van der Waals surface area contributed by atoms with E-state index in [9.17, 15) is 9.59 Å². The monoisotopic (exact) mass is 542 g/mol. The average Bonchev–Trinajstić information content (AvgIpc) is 2.88. The van der Waals surface area contributed by atoms with Crippen LogP contribution in [-0.2, 0) is 22.6 Å². The minimum Gasteiger partial charge on any atom is -0.354 e. The first kappa shape index (κ1) is 28.1. The van der Waals surface area contributed by atoms with Crippen LogP contribution in [0.1, 0.15) is 36.5 Å². The molecule has 1 atom stereocenters. The Morgan fingerprint density at radius 1 is 0.944 bits per heavy atom. The summed E-state index contributed by atoms with van der Waals surface area (Å²) < 4.78 is 0. The predicted octanol–water partition coefficient (Wildman–Crippen LogP) is 6.95. The number of carbonyl (C=O) groups excluding carboxylic acids is 2. The van der Waals surface area contributed by atoms with E-state index in [1.165, 1.54) is 5.56 Å². The van der Waals surface area contributed by atoms with Gasteiger partial charge in [-0.3, -0.25) is 9.59 Å². The van der Waals surface area contributed by atoms with E-state index >= 15 is 0 Å². The molecule has 3 aromatic carbocycles. The Hall–Kier alpha value is -2.47. The average molecular weight is 544 g/mol. The molecule has 1 N–H and O–H groups in total. The van der Waals surface area contributed by atoms with Crippen LogP contribution in [-0.4, -0.2) is 35.1 Å². The van der Waals surface area contributed by atoms with Crippen molar-refractivity contribution in [3.05, 3.63) is 99.5 Å². The van der Waals surface area contributed by atoms with Gasteiger partial charge in [-0.1, -0.05) is 84.2 Å². The van der Waals surface area contributed by atoms with Gasteiger partial charge >= 0.3 is 0 Å². The molecule has 0 unspecified atom stereocenters. The van der Waals surface area contributed by atoms with E-state index in [-0.39, 0.29) is 18.4 Å². The molecule has 7 heteroatoms. The Morgan fingerprint density at radius 3 is 2.33 bits per heavy atom. The lowest BCUT2D eigenvalue weighted by Gasteiger charge is -2.31. The SMILES string of the molecule is CCCNC(=O)[C@@H](Cc1ccccc1)N(Cc1ccc(Cl)c(Cl)c1)C(=O)CCSc1ccc(C)cc1. The fourth-order valence-corrected chi connectivity index (χ4v) is 4.95. The van der Waals surface area contributed by atoms with Crippen LogP contribution in [0.15, 0.2) is 77.7 Å². The van der Waals surface area contributed by atoms with Crippen molar-refractivity contribution >= 4 is 46.8 Å². The van der Waals surface area contributed by atoms with Crippen molar-refractivity contribution in [3.63, 3.8) is 0 Å². The van der Waals surface area contributed by atoms with Crippen LogP contribution in [0.4, 0.5) is 0 Å². The Labute approximate surface area is 228 Å². The summed E-state index contributed by atoms with van der Waals surface area (Å²) in [7, 11) is 0. The van der Waals surface area contributed by atoms with E-state index in [2.05, 4.69) is 36.5 Å². The fraction of sp³-hybridized carbons (Fsp3) is 0.310. The van der Waals surface area contributed by atoms with Crippen molar-refractivity contribution in [3.8, 4) is 0 Å². The van der Waals surface area contributed by atoms with Gasteiger partial charge in [0.05, 0.1) is 10.0 Å². The first-order chi connectivity index (χ1) is 17.4. The van der Waals surface area contributed by atoms with Gasteiger partial charge in [-0.25, -0.2) is 0 Å². The van der Waals surface area contributed by atoms with E-state index in [0.29, 0.717) is 35.2 Å². The van der Waals surface area contributed by atoms with E-state index in [0.717, 1.165) is 22.4 Å². The van der Waals surface area contributed by atoms with Crippen molar-refractivity contribution in [2.24, 2.45) is 0 Å². The molecule has 0 radical (unpaired) electrons. The molecule has 3 rings (SSSR count). The number of nitrogens with one attached hydrogen (secondary N) is 1. The van der Waals surface area contributed by atoms with E-state index in [4.69, 9.17) is 23.2 Å². The zero-order valence-electron chi connectivity index (χ0n) is 20.7. The molecule has 4 nitrogen and oxygen atoms in total. The number of benzene rings is 3. The smallest absolute Gasteiger partial charge is 0.243 e. The highest BCUT2D eigenvalue weighted by Crippen LogP contribution is 2.25. The second-order valence-corrected chi connectivity index (χ2v) is 10.7. The molecular weight excluding hydrogens is 511 g/mol. The Kier molecular flexibility index (Phi) is 11.2. The normalized spacial score (nSPS) is 11.7. The van der Waals surface area contributed by atoms with Crippen molar-refractivity contribution in [1.29, 1.82) is 0 Å². The summed E-state index contributed by atoms with van der Waals surface area (Å²) in [6.07, 6.45) is 1.55. The lowest BCUT2D eigenvalue weighted by molar-refractivity contribution is -0.141. The maximum atomic E-state index is 13.6. The van der Waals surface area contributed by atoms with Crippen molar-refractivity contribution < 1.29 is 9.59 Å². The number of amides is 2. The highest BCUT2D eigenvalue weighted by molar-refractivity contribution is 7.99. The molecular formula is C29H32Cl2N2O2S. The number of hydrogen-bond donors (Lipinski definition) is 1. The quantitative estimate of drug-likeness (QED) is 0.252. The van der Waals surface area contributed by atoms with Gasteiger partial charge in [0.1, 0.15) is 6.04 Å². The molecule has 2 amide bonds. The van der Waals surface area contributed by atoms with Crippen molar-refractivity contribution in [2.75, 3.05) is 12.3 Å². The summed E-state index contributed by atoms with van der Waals surface area (Å²) in [5.74, 6) is 0.391. The molecule has 0 aliphatic carbocycles. The molecule has 0 aromatic heterocycles. The van der Waals surface area contributed by atoms with E-state index in [1.807, 2.05) is 43.3 Å². The third kappa shape index (κ3) is 8.58. The lowest BCUT2D eigenvalue weighted by atomic mass is 10.0. The minimum absolute atomic E-state index is 0.0757. The van der Waals surface area contributed by atoms with Crippen LogP contribution in [0.3, 0.4) is 0 Å².